The molecule has 1 atom stereocenters. The number of alkyl halides is 2. The third-order valence-corrected chi connectivity index (χ3v) is 1.39. The van der Waals surface area contributed by atoms with E-state index >= 15 is 0 Å². The summed E-state index contributed by atoms with van der Waals surface area (Å²) >= 11 is 10.6. The van der Waals surface area contributed by atoms with Gasteiger partial charge >= 0.3 is 5.97 Å². The molecular formula is C6H10Cl2O2. The van der Waals surface area contributed by atoms with Crippen LogP contribution < -0.4 is 0 Å². The lowest BCUT2D eigenvalue weighted by atomic mass is 10.3. The van der Waals surface area contributed by atoms with Gasteiger partial charge in [-0.25, -0.2) is 0 Å². The number of ether oxygens (including phenoxy) is 1. The van der Waals surface area contributed by atoms with Gasteiger partial charge in [-0.15, -0.1) is 23.2 Å². The van der Waals surface area contributed by atoms with Crippen LogP contribution in [0.5, 0.6) is 0 Å². The summed E-state index contributed by atoms with van der Waals surface area (Å²) in [5.74, 6) is 0.0166. The van der Waals surface area contributed by atoms with Crippen LogP contribution in [0.25, 0.3) is 0 Å². The van der Waals surface area contributed by atoms with Crippen LogP contribution in [-0.4, -0.2) is 23.8 Å². The molecule has 0 radical (unpaired) electrons. The molecule has 0 aromatic heterocycles. The number of hydrogen-bond donors (Lipinski definition) is 0. The summed E-state index contributed by atoms with van der Waals surface area (Å²) in [7, 11) is 0. The number of esters is 1. The Kier molecular flexibility index (Phi) is 5.84. The number of carbonyl (C=O) groups is 1. The lowest BCUT2D eigenvalue weighted by molar-refractivity contribution is -0.145. The molecule has 60 valence electrons. The van der Waals surface area contributed by atoms with Crippen LogP contribution in [-0.2, 0) is 9.53 Å². The van der Waals surface area contributed by atoms with Gasteiger partial charge in [-0.1, -0.05) is 0 Å². The van der Waals surface area contributed by atoms with Crippen molar-refractivity contribution in [2.45, 2.75) is 19.4 Å². The third-order valence-electron chi connectivity index (χ3n) is 0.957. The highest BCUT2D eigenvalue weighted by Crippen LogP contribution is 1.99. The van der Waals surface area contributed by atoms with Crippen molar-refractivity contribution >= 4 is 29.2 Å². The van der Waals surface area contributed by atoms with Crippen molar-refractivity contribution < 1.29 is 9.53 Å². The fourth-order valence-corrected chi connectivity index (χ4v) is 0.839. The van der Waals surface area contributed by atoms with Gasteiger partial charge in [0.2, 0.25) is 0 Å². The van der Waals surface area contributed by atoms with Crippen molar-refractivity contribution in [3.05, 3.63) is 0 Å². The lowest BCUT2D eigenvalue weighted by Gasteiger charge is -2.09. The van der Waals surface area contributed by atoms with Crippen molar-refractivity contribution in [3.63, 3.8) is 0 Å². The maximum atomic E-state index is 10.5. The molecular weight excluding hydrogens is 175 g/mol. The van der Waals surface area contributed by atoms with Crippen molar-refractivity contribution in [3.8, 4) is 0 Å². The minimum absolute atomic E-state index is 0.0906. The van der Waals surface area contributed by atoms with E-state index in [1.165, 1.54) is 0 Å². The second-order valence-corrected chi connectivity index (χ2v) is 2.56. The smallest absolute Gasteiger partial charge is 0.321 e. The lowest BCUT2D eigenvalue weighted by Crippen LogP contribution is -2.15. The van der Waals surface area contributed by atoms with Crippen molar-refractivity contribution in [2.75, 3.05) is 11.8 Å². The molecule has 4 heteroatoms. The Balaban J connectivity index is 3.37. The van der Waals surface area contributed by atoms with Crippen LogP contribution in [0.1, 0.15) is 13.3 Å². The van der Waals surface area contributed by atoms with E-state index in [1.54, 1.807) is 6.92 Å². The van der Waals surface area contributed by atoms with Crippen molar-refractivity contribution in [2.24, 2.45) is 0 Å². The second kappa shape index (κ2) is 5.81. The molecule has 0 bridgehead atoms. The highest BCUT2D eigenvalue weighted by molar-refractivity contribution is 6.26. The van der Waals surface area contributed by atoms with Crippen LogP contribution in [0.4, 0.5) is 0 Å². The topological polar surface area (TPSA) is 26.3 Å². The van der Waals surface area contributed by atoms with Gasteiger partial charge in [0.25, 0.3) is 0 Å². The highest BCUT2D eigenvalue weighted by Gasteiger charge is 2.06. The van der Waals surface area contributed by atoms with Crippen LogP contribution in [0.15, 0.2) is 0 Å². The molecule has 0 aliphatic heterocycles. The third kappa shape index (κ3) is 4.89. The molecule has 2 nitrogen and oxygen atoms in total. The molecule has 0 fully saturated rings. The van der Waals surface area contributed by atoms with Gasteiger partial charge < -0.3 is 4.74 Å². The van der Waals surface area contributed by atoms with Crippen molar-refractivity contribution in [1.82, 2.24) is 0 Å². The first-order valence-corrected chi connectivity index (χ1v) is 4.09. The van der Waals surface area contributed by atoms with E-state index in [-0.39, 0.29) is 18.0 Å². The molecule has 0 aliphatic carbocycles. The van der Waals surface area contributed by atoms with Gasteiger partial charge in [0.05, 0.1) is 0 Å². The predicted octanol–water partition coefficient (Wildman–Crippen LogP) is 1.79. The monoisotopic (exact) mass is 184 g/mol. The van der Waals surface area contributed by atoms with Crippen LogP contribution in [0.2, 0.25) is 0 Å². The number of halogens is 2. The van der Waals surface area contributed by atoms with Crippen LogP contribution in [0, 0.1) is 0 Å². The Morgan fingerprint density at radius 3 is 2.60 bits per heavy atom. The Morgan fingerprint density at radius 1 is 1.60 bits per heavy atom. The van der Waals surface area contributed by atoms with Crippen molar-refractivity contribution in [1.29, 1.82) is 0 Å². The van der Waals surface area contributed by atoms with Gasteiger partial charge in [0.1, 0.15) is 12.0 Å². The zero-order valence-corrected chi connectivity index (χ0v) is 7.28. The molecule has 0 saturated heterocycles. The maximum absolute atomic E-state index is 10.5. The van der Waals surface area contributed by atoms with Crippen LogP contribution >= 0.6 is 23.2 Å². The zero-order chi connectivity index (χ0) is 7.98. The second-order valence-electron chi connectivity index (χ2n) is 1.91. The van der Waals surface area contributed by atoms with Gasteiger partial charge in [0.15, 0.2) is 0 Å². The first-order chi connectivity index (χ1) is 4.70. The van der Waals surface area contributed by atoms with E-state index in [4.69, 9.17) is 27.9 Å². The van der Waals surface area contributed by atoms with Gasteiger partial charge in [-0.05, 0) is 13.3 Å². The fraction of sp³-hybridized carbons (Fsp3) is 0.833. The number of rotatable bonds is 4. The summed E-state index contributed by atoms with van der Waals surface area (Å²) in [4.78, 5) is 10.5. The summed E-state index contributed by atoms with van der Waals surface area (Å²) in [6.07, 6.45) is 0.549. The molecule has 0 spiro atoms. The van der Waals surface area contributed by atoms with E-state index in [0.29, 0.717) is 12.3 Å². The van der Waals surface area contributed by atoms with E-state index in [0.717, 1.165) is 0 Å². The zero-order valence-electron chi connectivity index (χ0n) is 5.77. The number of hydrogen-bond acceptors (Lipinski definition) is 2. The van der Waals surface area contributed by atoms with E-state index in [1.807, 2.05) is 0 Å². The normalized spacial score (nSPS) is 12.7. The average molecular weight is 185 g/mol. The molecule has 0 N–H and O–H groups in total. The predicted molar refractivity (Wildman–Crippen MR) is 41.6 cm³/mol. The van der Waals surface area contributed by atoms with E-state index < -0.39 is 0 Å². The van der Waals surface area contributed by atoms with Crippen LogP contribution in [0.3, 0.4) is 0 Å². The summed E-state index contributed by atoms with van der Waals surface area (Å²) in [6.45, 7) is 1.78. The fourth-order valence-electron chi connectivity index (χ4n) is 0.468. The highest BCUT2D eigenvalue weighted by atomic mass is 35.5. The number of carbonyl (C=O) groups excluding carboxylic acids is 1. The molecule has 0 aliphatic rings. The quantitative estimate of drug-likeness (QED) is 0.493. The summed E-state index contributed by atoms with van der Waals surface area (Å²) in [5, 5.41) is 0. The molecule has 0 aromatic rings. The van der Waals surface area contributed by atoms with E-state index in [9.17, 15) is 4.79 Å². The van der Waals surface area contributed by atoms with E-state index in [2.05, 4.69) is 0 Å². The summed E-state index contributed by atoms with van der Waals surface area (Å²) < 4.78 is 4.78. The largest absolute Gasteiger partial charge is 0.462 e. The maximum Gasteiger partial charge on any atom is 0.321 e. The minimum atomic E-state index is -0.390. The molecule has 0 saturated carbocycles. The minimum Gasteiger partial charge on any atom is -0.462 e. The molecule has 0 amide bonds. The Morgan fingerprint density at radius 2 is 2.20 bits per heavy atom. The van der Waals surface area contributed by atoms with Gasteiger partial charge in [-0.3, -0.25) is 4.79 Å². The van der Waals surface area contributed by atoms with Gasteiger partial charge in [0, 0.05) is 5.88 Å². The van der Waals surface area contributed by atoms with Gasteiger partial charge in [-0.2, -0.15) is 0 Å². The summed E-state index contributed by atoms with van der Waals surface area (Å²) in [6, 6.07) is 0. The summed E-state index contributed by atoms with van der Waals surface area (Å²) in [5.41, 5.74) is 0. The molecule has 10 heavy (non-hydrogen) atoms. The SMILES string of the molecule is CC(CCCl)OC(=O)CCl. The average Bonchev–Trinajstić information content (AvgIpc) is 1.88. The first-order valence-electron chi connectivity index (χ1n) is 3.02. The molecule has 1 unspecified atom stereocenters. The molecule has 0 heterocycles. The standard InChI is InChI=1S/C6H10Cl2O2/c1-5(2-3-7)10-6(9)4-8/h5H,2-4H2,1H3. The first kappa shape index (κ1) is 10.0. The Labute approximate surface area is 70.4 Å². The Hall–Kier alpha value is 0.0500. The Bertz CT molecular complexity index is 106. The molecule has 0 aromatic carbocycles. The molecule has 0 rings (SSSR count).